The van der Waals surface area contributed by atoms with Crippen molar-refractivity contribution in [2.75, 3.05) is 6.61 Å². The molecule has 0 bridgehead atoms. The van der Waals surface area contributed by atoms with E-state index in [4.69, 9.17) is 32.7 Å². The Morgan fingerprint density at radius 2 is 1.16 bits per heavy atom. The van der Waals surface area contributed by atoms with Crippen LogP contribution in [0.25, 0.3) is 0 Å². The Bertz CT molecular complexity index is 1730. The number of hydrogen-bond acceptors (Lipinski definition) is 4. The van der Waals surface area contributed by atoms with Gasteiger partial charge in [0.2, 0.25) is 0 Å². The van der Waals surface area contributed by atoms with Crippen LogP contribution in [-0.4, -0.2) is 34.2 Å². The zero-order valence-corrected chi connectivity index (χ0v) is 34.8. The molecule has 0 radical (unpaired) electrons. The molecule has 0 N–H and O–H groups in total. The molecule has 0 spiro atoms. The second kappa shape index (κ2) is 31.4. The first kappa shape index (κ1) is 53.4. The van der Waals surface area contributed by atoms with Gasteiger partial charge in [-0.25, -0.2) is 0 Å². The van der Waals surface area contributed by atoms with E-state index in [1.807, 2.05) is 25.1 Å². The van der Waals surface area contributed by atoms with Crippen LogP contribution in [0, 0.1) is 45.1 Å². The Kier molecular flexibility index (Phi) is 28.9. The van der Waals surface area contributed by atoms with E-state index >= 15 is 0 Å². The third kappa shape index (κ3) is 17.1. The van der Waals surface area contributed by atoms with E-state index in [0.29, 0.717) is 38.0 Å². The molecule has 10 heteroatoms. The normalized spacial score (nSPS) is 16.2. The fourth-order valence-corrected chi connectivity index (χ4v) is 8.03. The van der Waals surface area contributed by atoms with Gasteiger partial charge in [0, 0.05) is 0 Å². The van der Waals surface area contributed by atoms with E-state index < -0.39 is 6.04 Å². The second-order valence-corrected chi connectivity index (χ2v) is 14.6. The topological polar surface area (TPSA) is 138 Å². The molecular formula is C48H51CrNO8. The van der Waals surface area contributed by atoms with Crippen LogP contribution in [0.5, 0.6) is 0 Å². The summed E-state index contributed by atoms with van der Waals surface area (Å²) < 4.78 is 51.3. The zero-order chi connectivity index (χ0) is 43.9. The van der Waals surface area contributed by atoms with E-state index in [-0.39, 0.29) is 23.4 Å². The van der Waals surface area contributed by atoms with Gasteiger partial charge < -0.3 is 0 Å². The summed E-state index contributed by atoms with van der Waals surface area (Å²) in [6, 6.07) is 41.6. The van der Waals surface area contributed by atoms with Crippen molar-refractivity contribution < 1.29 is 53.4 Å². The number of carbonyl (C=O) groups is 1. The third-order valence-electron chi connectivity index (χ3n) is 10.2. The summed E-state index contributed by atoms with van der Waals surface area (Å²) >= 11 is 3.34. The van der Waals surface area contributed by atoms with E-state index in [9.17, 15) is 4.79 Å². The van der Waals surface area contributed by atoms with Crippen molar-refractivity contribution in [3.8, 4) is 0 Å². The summed E-state index contributed by atoms with van der Waals surface area (Å²) in [7, 11) is 0. The fraction of sp³-hybridized carbons (Fsp3) is 0.354. The van der Waals surface area contributed by atoms with Crippen molar-refractivity contribution in [3.63, 3.8) is 0 Å². The molecular weight excluding hydrogens is 771 g/mol. The molecule has 302 valence electrons. The molecule has 0 unspecified atom stereocenters. The van der Waals surface area contributed by atoms with Crippen LogP contribution >= 0.6 is 0 Å². The number of hydrogen-bond donors (Lipinski definition) is 0. The molecule has 9 nitrogen and oxygen atoms in total. The quantitative estimate of drug-likeness (QED) is 0.0671. The van der Waals surface area contributed by atoms with Gasteiger partial charge in [0.05, 0.1) is 0 Å². The number of carbonyl (C=O) groups excluding carboxylic acids is 1. The summed E-state index contributed by atoms with van der Waals surface area (Å²) in [6.07, 6.45) is 3.97. The van der Waals surface area contributed by atoms with Crippen molar-refractivity contribution in [1.29, 1.82) is 0 Å². The maximum absolute atomic E-state index is 14.2. The van der Waals surface area contributed by atoms with Gasteiger partial charge >= 0.3 is 354 Å². The van der Waals surface area contributed by atoms with Gasteiger partial charge in [-0.15, -0.1) is 0 Å². The molecule has 0 heterocycles. The van der Waals surface area contributed by atoms with Gasteiger partial charge in [-0.2, -0.15) is 0 Å². The van der Waals surface area contributed by atoms with Gasteiger partial charge in [-0.1, -0.05) is 0 Å². The van der Waals surface area contributed by atoms with E-state index in [2.05, 4.69) is 178 Å². The summed E-state index contributed by atoms with van der Waals surface area (Å²) in [5.41, 5.74) is 4.71. The summed E-state index contributed by atoms with van der Waals surface area (Å²) in [5.74, 6) is 0.550. The van der Waals surface area contributed by atoms with Gasteiger partial charge in [-0.3, -0.25) is 0 Å². The van der Waals surface area contributed by atoms with E-state index in [1.165, 1.54) is 12.0 Å². The average molecular weight is 822 g/mol. The Morgan fingerprint density at radius 1 is 0.724 bits per heavy atom. The fourth-order valence-electron chi connectivity index (χ4n) is 7.56. The molecule has 4 aromatic carbocycles. The van der Waals surface area contributed by atoms with Crippen LogP contribution < -0.4 is 0 Å². The molecule has 58 heavy (non-hydrogen) atoms. The molecule has 0 saturated heterocycles. The molecule has 1 fully saturated rings. The van der Waals surface area contributed by atoms with Crippen LogP contribution in [0.4, 0.5) is 0 Å². The van der Waals surface area contributed by atoms with Crippen molar-refractivity contribution in [2.45, 2.75) is 89.9 Å². The first-order valence-corrected chi connectivity index (χ1v) is 19.2. The Morgan fingerprint density at radius 3 is 1.60 bits per heavy atom. The van der Waals surface area contributed by atoms with Crippen LogP contribution in [-0.2, 0) is 71.9 Å². The predicted molar refractivity (Wildman–Crippen MR) is 212 cm³/mol. The van der Waals surface area contributed by atoms with Gasteiger partial charge in [-0.05, 0) is 0 Å². The standard InChI is InChI=1S/C43H51NO3.5CO.Cr/c1-5-46-42(45)41(44(31-34-18-10-6-11-19-34)32-35-20-12-7-13-21-35)38(36-22-14-8-15-23-36)28-29-47-40-30-33(2)26-27-39(40)43(3,4)37-24-16-9-17-25-37;5*1-2;/h6-25,33,38-41H,5,26-28,30-32H2,1-4H3;;;;;;/t33-,38+,39-,40-,41+;;;;;;/m1....../s1. The van der Waals surface area contributed by atoms with Crippen LogP contribution in [0.2, 0.25) is 0 Å². The third-order valence-corrected chi connectivity index (χ3v) is 10.6. The molecule has 1 saturated carbocycles. The monoisotopic (exact) mass is 821 g/mol. The first-order valence-electron chi connectivity index (χ1n) is 18.6. The minimum atomic E-state index is -0.540. The Balaban J connectivity index is 0.00000301. The minimum absolute atomic E-state index is 0.0409. The van der Waals surface area contributed by atoms with Gasteiger partial charge in [0.25, 0.3) is 0 Å². The van der Waals surface area contributed by atoms with Crippen LogP contribution in [0.3, 0.4) is 0 Å². The molecule has 4 aromatic rings. The van der Waals surface area contributed by atoms with Crippen molar-refractivity contribution in [2.24, 2.45) is 11.8 Å². The second-order valence-electron chi connectivity index (χ2n) is 13.9. The number of ether oxygens (including phenoxy) is 2. The Labute approximate surface area is 352 Å². The number of rotatable bonds is 15. The van der Waals surface area contributed by atoms with Crippen molar-refractivity contribution >= 4 is 10.5 Å². The molecule has 0 amide bonds. The first-order chi connectivity index (χ1) is 28.3. The molecule has 5 rings (SSSR count). The van der Waals surface area contributed by atoms with Crippen molar-refractivity contribution in [3.05, 3.63) is 177 Å². The van der Waals surface area contributed by atoms with E-state index in [0.717, 1.165) is 34.1 Å². The Hall–Kier alpha value is -4.63. The number of benzene rings is 4. The number of nitrogens with zero attached hydrogens (tertiary/aromatic N) is 1. The SMILES string of the molecule is CCOC(=O)[C@H]([C@@H](C[C](=[Cr])O[C@@H]1C[C@H](C)CC[C@H]1C(C)(C)c1ccccc1)c1ccccc1)N(Cc1ccccc1)Cc1ccccc1.[C-]#[O+].[C-]#[O+].[C-]#[O+].[C-]#[O+].[C-]#[O+]. The summed E-state index contributed by atoms with van der Waals surface area (Å²) in [4.78, 5) is 16.5. The molecule has 0 aliphatic heterocycles. The predicted octanol–water partition coefficient (Wildman–Crippen LogP) is 9.08. The summed E-state index contributed by atoms with van der Waals surface area (Å²) in [6.45, 7) is 33.0. The van der Waals surface area contributed by atoms with Crippen LogP contribution in [0.1, 0.15) is 81.5 Å². The molecule has 5 atom stereocenters. The van der Waals surface area contributed by atoms with Crippen molar-refractivity contribution in [1.82, 2.24) is 4.90 Å². The van der Waals surface area contributed by atoms with Crippen LogP contribution in [0.15, 0.2) is 121 Å². The molecule has 0 aromatic heterocycles. The van der Waals surface area contributed by atoms with Gasteiger partial charge in [0.1, 0.15) is 0 Å². The molecule has 1 aliphatic carbocycles. The summed E-state index contributed by atoms with van der Waals surface area (Å²) in [5, 5.41) is 0. The maximum atomic E-state index is 14.2. The zero-order valence-electron chi connectivity index (χ0n) is 33.5. The van der Waals surface area contributed by atoms with E-state index in [1.54, 1.807) is 0 Å². The number of esters is 1. The average Bonchev–Trinajstić information content (AvgIpc) is 3.28. The van der Waals surface area contributed by atoms with Gasteiger partial charge in [0.15, 0.2) is 0 Å². The molecule has 1 aliphatic rings.